The molecule has 0 spiro atoms. The highest BCUT2D eigenvalue weighted by atomic mass is 16.6. The second-order valence-electron chi connectivity index (χ2n) is 4.44. The Kier molecular flexibility index (Phi) is 5.42. The number of esters is 1. The Morgan fingerprint density at radius 2 is 2.11 bits per heavy atom. The minimum Gasteiger partial charge on any atom is -0.504 e. The number of ether oxygens (including phenoxy) is 3. The van der Waals surface area contributed by atoms with Crippen molar-refractivity contribution in [3.8, 4) is 5.75 Å². The van der Waals surface area contributed by atoms with E-state index in [0.29, 0.717) is 12.4 Å². The maximum absolute atomic E-state index is 11.7. The van der Waals surface area contributed by atoms with Crippen LogP contribution < -0.4 is 4.74 Å². The monoisotopic (exact) mass is 264 g/mol. The second kappa shape index (κ2) is 6.83. The van der Waals surface area contributed by atoms with Crippen molar-refractivity contribution in [2.45, 2.75) is 26.4 Å². The van der Waals surface area contributed by atoms with Gasteiger partial charge in [-0.3, -0.25) is 0 Å². The van der Waals surface area contributed by atoms with Crippen molar-refractivity contribution in [2.75, 3.05) is 13.7 Å². The maximum atomic E-state index is 11.7. The van der Waals surface area contributed by atoms with Crippen LogP contribution in [0.1, 0.15) is 26.3 Å². The van der Waals surface area contributed by atoms with Crippen molar-refractivity contribution >= 4 is 12.0 Å². The number of rotatable bonds is 6. The zero-order valence-electron chi connectivity index (χ0n) is 11.8. The van der Waals surface area contributed by atoms with E-state index in [1.165, 1.54) is 0 Å². The van der Waals surface area contributed by atoms with E-state index in [-0.39, 0.29) is 5.97 Å². The van der Waals surface area contributed by atoms with Crippen LogP contribution in [0.25, 0.3) is 6.08 Å². The van der Waals surface area contributed by atoms with Gasteiger partial charge in [-0.1, -0.05) is 12.1 Å². The van der Waals surface area contributed by atoms with Crippen LogP contribution in [0.3, 0.4) is 0 Å². The van der Waals surface area contributed by atoms with Crippen molar-refractivity contribution in [3.63, 3.8) is 0 Å². The van der Waals surface area contributed by atoms with Gasteiger partial charge in [0.2, 0.25) is 0 Å². The van der Waals surface area contributed by atoms with Gasteiger partial charge in [0.05, 0.1) is 20.0 Å². The average molecular weight is 264 g/mol. The van der Waals surface area contributed by atoms with E-state index >= 15 is 0 Å². The summed E-state index contributed by atoms with van der Waals surface area (Å²) in [7, 11) is 1.58. The Morgan fingerprint density at radius 1 is 1.37 bits per heavy atom. The molecule has 0 amide bonds. The summed E-state index contributed by atoms with van der Waals surface area (Å²) in [4.78, 5) is 11.7. The molecule has 0 aromatic heterocycles. The zero-order chi connectivity index (χ0) is 14.3. The topological polar surface area (TPSA) is 44.8 Å². The molecule has 104 valence electrons. The third-order valence-electron chi connectivity index (χ3n) is 2.39. The number of carbonyl (C=O) groups is 1. The van der Waals surface area contributed by atoms with Gasteiger partial charge in [0.1, 0.15) is 5.75 Å². The molecule has 19 heavy (non-hydrogen) atoms. The number of benzene rings is 1. The molecule has 4 nitrogen and oxygen atoms in total. The van der Waals surface area contributed by atoms with Gasteiger partial charge in [-0.05, 0) is 44.5 Å². The van der Waals surface area contributed by atoms with Gasteiger partial charge in [-0.15, -0.1) is 0 Å². The van der Waals surface area contributed by atoms with Gasteiger partial charge in [-0.25, -0.2) is 4.79 Å². The first-order valence-corrected chi connectivity index (χ1v) is 6.15. The Bertz CT molecular complexity index is 449. The predicted molar refractivity (Wildman–Crippen MR) is 73.8 cm³/mol. The molecule has 1 aromatic carbocycles. The maximum Gasteiger partial charge on any atom is 0.349 e. The van der Waals surface area contributed by atoms with E-state index in [2.05, 4.69) is 0 Å². The molecule has 0 aliphatic rings. The van der Waals surface area contributed by atoms with E-state index in [0.717, 1.165) is 5.56 Å². The Balaban J connectivity index is 2.81. The summed E-state index contributed by atoms with van der Waals surface area (Å²) in [6, 6.07) is 7.40. The molecular weight excluding hydrogens is 244 g/mol. The summed E-state index contributed by atoms with van der Waals surface area (Å²) in [5, 5.41) is 0. The summed E-state index contributed by atoms with van der Waals surface area (Å²) >= 11 is 0. The summed E-state index contributed by atoms with van der Waals surface area (Å²) < 4.78 is 15.5. The van der Waals surface area contributed by atoms with Crippen LogP contribution in [0.2, 0.25) is 0 Å². The zero-order valence-corrected chi connectivity index (χ0v) is 11.8. The van der Waals surface area contributed by atoms with Crippen molar-refractivity contribution in [1.29, 1.82) is 0 Å². The van der Waals surface area contributed by atoms with Crippen LogP contribution in [0.5, 0.6) is 5.75 Å². The summed E-state index contributed by atoms with van der Waals surface area (Å²) in [6.45, 7) is 5.47. The first-order valence-electron chi connectivity index (χ1n) is 6.15. The molecule has 0 saturated carbocycles. The predicted octanol–water partition coefficient (Wildman–Crippen LogP) is 3.02. The highest BCUT2D eigenvalue weighted by molar-refractivity contribution is 5.79. The Hall–Kier alpha value is -1.97. The second-order valence-corrected chi connectivity index (χ2v) is 4.44. The van der Waals surface area contributed by atoms with Crippen LogP contribution >= 0.6 is 0 Å². The highest BCUT2D eigenvalue weighted by Crippen LogP contribution is 2.21. The average Bonchev–Trinajstić information content (AvgIpc) is 2.36. The molecule has 0 unspecified atom stereocenters. The third kappa shape index (κ3) is 4.66. The van der Waals surface area contributed by atoms with Crippen LogP contribution in [-0.2, 0) is 14.3 Å². The molecule has 0 saturated heterocycles. The van der Waals surface area contributed by atoms with Gasteiger partial charge >= 0.3 is 5.97 Å². The van der Waals surface area contributed by atoms with Gasteiger partial charge < -0.3 is 14.2 Å². The summed E-state index contributed by atoms with van der Waals surface area (Å²) in [5.41, 5.74) is -0.0846. The highest BCUT2D eigenvalue weighted by Gasteiger charge is 2.31. The number of hydrogen-bond acceptors (Lipinski definition) is 4. The Labute approximate surface area is 114 Å². The van der Waals surface area contributed by atoms with Crippen molar-refractivity contribution in [2.24, 2.45) is 0 Å². The molecule has 0 heterocycles. The van der Waals surface area contributed by atoms with Crippen molar-refractivity contribution < 1.29 is 19.0 Å². The van der Waals surface area contributed by atoms with Crippen molar-refractivity contribution in [1.82, 2.24) is 0 Å². The van der Waals surface area contributed by atoms with Crippen molar-refractivity contribution in [3.05, 3.63) is 36.1 Å². The first-order chi connectivity index (χ1) is 8.99. The molecule has 4 heteroatoms. The van der Waals surface area contributed by atoms with Gasteiger partial charge in [0, 0.05) is 0 Å². The summed E-state index contributed by atoms with van der Waals surface area (Å²) in [6.07, 6.45) is 3.39. The van der Waals surface area contributed by atoms with E-state index in [9.17, 15) is 4.79 Å². The molecule has 0 bridgehead atoms. The summed E-state index contributed by atoms with van der Waals surface area (Å²) in [5.74, 6) is 0.226. The number of carbonyl (C=O) groups excluding carboxylic acids is 1. The van der Waals surface area contributed by atoms with Crippen LogP contribution in [-0.4, -0.2) is 25.3 Å². The molecule has 0 N–H and O–H groups in total. The lowest BCUT2D eigenvalue weighted by atomic mass is 10.1. The fraction of sp³-hybridized carbons (Fsp3) is 0.400. The molecule has 0 radical (unpaired) electrons. The fourth-order valence-electron chi connectivity index (χ4n) is 1.47. The SMILES string of the molecule is CCOC(=O)C(C)(C)Oc1cccc(/C=C/OC)c1. The fourth-order valence-corrected chi connectivity index (χ4v) is 1.47. The third-order valence-corrected chi connectivity index (χ3v) is 2.39. The van der Waals surface area contributed by atoms with E-state index in [1.807, 2.05) is 24.3 Å². The standard InChI is InChI=1S/C15H20O4/c1-5-18-14(16)15(2,3)19-13-8-6-7-12(11-13)9-10-17-4/h6-11H,5H2,1-4H3/b10-9+. The van der Waals surface area contributed by atoms with Crippen LogP contribution in [0.15, 0.2) is 30.5 Å². The van der Waals surface area contributed by atoms with Gasteiger partial charge in [0.15, 0.2) is 5.60 Å². The smallest absolute Gasteiger partial charge is 0.349 e. The minimum absolute atomic E-state index is 0.336. The molecular formula is C15H20O4. The Morgan fingerprint density at radius 3 is 2.74 bits per heavy atom. The molecule has 0 fully saturated rings. The molecule has 0 aliphatic heterocycles. The molecule has 1 rings (SSSR count). The van der Waals surface area contributed by atoms with E-state index in [4.69, 9.17) is 14.2 Å². The first kappa shape index (κ1) is 15.1. The largest absolute Gasteiger partial charge is 0.504 e. The van der Waals surface area contributed by atoms with Crippen LogP contribution in [0, 0.1) is 0 Å². The number of hydrogen-bond donors (Lipinski definition) is 0. The lowest BCUT2D eigenvalue weighted by molar-refractivity contribution is -0.158. The van der Waals surface area contributed by atoms with Gasteiger partial charge in [-0.2, -0.15) is 0 Å². The molecule has 0 aliphatic carbocycles. The van der Waals surface area contributed by atoms with Crippen LogP contribution in [0.4, 0.5) is 0 Å². The lowest BCUT2D eigenvalue weighted by Gasteiger charge is -2.24. The van der Waals surface area contributed by atoms with E-state index < -0.39 is 5.60 Å². The lowest BCUT2D eigenvalue weighted by Crippen LogP contribution is -2.39. The molecule has 1 aromatic rings. The number of methoxy groups -OCH3 is 1. The quantitative estimate of drug-likeness (QED) is 0.585. The minimum atomic E-state index is -1.01. The van der Waals surface area contributed by atoms with Gasteiger partial charge in [0.25, 0.3) is 0 Å². The molecule has 0 atom stereocenters. The normalized spacial score (nSPS) is 11.4. The van der Waals surface area contributed by atoms with E-state index in [1.54, 1.807) is 40.2 Å².